The molecule has 4 rings (SSSR count). The summed E-state index contributed by atoms with van der Waals surface area (Å²) in [7, 11) is 3.27. The molecule has 0 bridgehead atoms. The fourth-order valence-electron chi connectivity index (χ4n) is 3.27. The highest BCUT2D eigenvalue weighted by atomic mass is 79.9. The molecular formula is C21H31BrN4O7. The second-order valence-corrected chi connectivity index (χ2v) is 6.65. The van der Waals surface area contributed by atoms with E-state index in [1.54, 1.807) is 20.6 Å². The van der Waals surface area contributed by atoms with E-state index >= 15 is 0 Å². The Bertz CT molecular complexity index is 972. The number of fused-ring (bicyclic) bond motifs is 4. The maximum absolute atomic E-state index is 6.13. The predicted octanol–water partition coefficient (Wildman–Crippen LogP) is 0.990. The van der Waals surface area contributed by atoms with Gasteiger partial charge in [-0.05, 0) is 18.2 Å². The van der Waals surface area contributed by atoms with Crippen LogP contribution in [0.4, 0.5) is 17.1 Å². The third-order valence-electron chi connectivity index (χ3n) is 4.74. The average molecular weight is 531 g/mol. The molecule has 184 valence electrons. The summed E-state index contributed by atoms with van der Waals surface area (Å²) in [5.41, 5.74) is 10.4. The molecule has 0 spiro atoms. The number of hydrogen-bond donors (Lipinski definition) is 1. The number of methoxy groups -OCH3 is 2. The predicted molar refractivity (Wildman–Crippen MR) is 133 cm³/mol. The van der Waals surface area contributed by atoms with Gasteiger partial charge in [0.1, 0.15) is 19.0 Å². The van der Waals surface area contributed by atoms with Gasteiger partial charge in [0.15, 0.2) is 11.5 Å². The monoisotopic (exact) mass is 530 g/mol. The van der Waals surface area contributed by atoms with E-state index in [1.165, 1.54) is 0 Å². The van der Waals surface area contributed by atoms with Crippen molar-refractivity contribution in [2.24, 2.45) is 9.98 Å². The lowest BCUT2D eigenvalue weighted by molar-refractivity contribution is 0.132. The summed E-state index contributed by atoms with van der Waals surface area (Å²) in [6.45, 7) is 2.41. The summed E-state index contributed by atoms with van der Waals surface area (Å²) in [6.07, 6.45) is 1.78. The number of benzene rings is 2. The Morgan fingerprint density at radius 2 is 1.55 bits per heavy atom. The van der Waals surface area contributed by atoms with Crippen molar-refractivity contribution in [3.05, 3.63) is 41.5 Å². The number of aliphatic imine (C=N–C) groups is 2. The molecule has 0 radical (unpaired) electrons. The SMILES string of the molecule is Br.COCCOc1cc2c(cc1OCCOC)C1=Nc3cccc(N)c3CN1C=N2.O.O.O. The van der Waals surface area contributed by atoms with Crippen LogP contribution >= 0.6 is 17.0 Å². The smallest absolute Gasteiger partial charge is 0.163 e. The minimum atomic E-state index is 0. The minimum Gasteiger partial charge on any atom is -0.487 e. The van der Waals surface area contributed by atoms with Crippen LogP contribution in [0.15, 0.2) is 40.3 Å². The molecule has 0 fully saturated rings. The molecule has 0 amide bonds. The zero-order valence-corrected chi connectivity index (χ0v) is 20.2. The topological polar surface area (TPSA) is 185 Å². The lowest BCUT2D eigenvalue weighted by Gasteiger charge is -2.31. The van der Waals surface area contributed by atoms with Gasteiger partial charge in [-0.25, -0.2) is 9.98 Å². The van der Waals surface area contributed by atoms with Crippen LogP contribution < -0.4 is 15.2 Å². The standard InChI is InChI=1S/C21H24N4O4.BrH.3H2O/c1-26-6-8-28-19-10-14-18(11-20(19)29-9-7-27-2)23-13-25-12-15-16(22)4-3-5-17(15)24-21(14)25;;;;/h3-5,10-11,13H,6-9,12,22H2,1-2H3;1H;3*1H2. The highest BCUT2D eigenvalue weighted by Crippen LogP contribution is 2.40. The Labute approximate surface area is 202 Å². The number of rotatable bonds is 8. The van der Waals surface area contributed by atoms with Crippen molar-refractivity contribution in [1.29, 1.82) is 0 Å². The van der Waals surface area contributed by atoms with Gasteiger partial charge in [-0.15, -0.1) is 17.0 Å². The molecule has 11 nitrogen and oxygen atoms in total. The molecule has 12 heteroatoms. The van der Waals surface area contributed by atoms with Crippen LogP contribution in [0.3, 0.4) is 0 Å². The minimum absolute atomic E-state index is 0. The van der Waals surface area contributed by atoms with Crippen molar-refractivity contribution >= 4 is 46.2 Å². The number of ether oxygens (including phenoxy) is 4. The van der Waals surface area contributed by atoms with Gasteiger partial charge >= 0.3 is 0 Å². The van der Waals surface area contributed by atoms with Crippen molar-refractivity contribution in [1.82, 2.24) is 4.90 Å². The number of halogens is 1. The molecule has 2 aliphatic heterocycles. The summed E-state index contributed by atoms with van der Waals surface area (Å²) >= 11 is 0. The van der Waals surface area contributed by atoms with E-state index < -0.39 is 0 Å². The van der Waals surface area contributed by atoms with Gasteiger partial charge in [0, 0.05) is 37.1 Å². The maximum Gasteiger partial charge on any atom is 0.163 e. The Balaban J connectivity index is 0.00000256. The number of amidine groups is 1. The average Bonchev–Trinajstić information content (AvgIpc) is 2.73. The van der Waals surface area contributed by atoms with Crippen molar-refractivity contribution in [2.45, 2.75) is 6.54 Å². The van der Waals surface area contributed by atoms with Crippen LogP contribution in [-0.2, 0) is 16.0 Å². The zero-order valence-electron chi connectivity index (χ0n) is 18.5. The van der Waals surface area contributed by atoms with E-state index in [1.807, 2.05) is 35.2 Å². The zero-order chi connectivity index (χ0) is 20.2. The fraction of sp³-hybridized carbons (Fsp3) is 0.333. The summed E-state index contributed by atoms with van der Waals surface area (Å²) in [5.74, 6) is 2.05. The Morgan fingerprint density at radius 3 is 2.18 bits per heavy atom. The van der Waals surface area contributed by atoms with E-state index in [-0.39, 0.29) is 33.4 Å². The van der Waals surface area contributed by atoms with Gasteiger partial charge in [-0.1, -0.05) is 6.07 Å². The van der Waals surface area contributed by atoms with Gasteiger partial charge in [-0.3, -0.25) is 0 Å². The number of hydrogen-bond acceptors (Lipinski definition) is 8. The van der Waals surface area contributed by atoms with Gasteiger partial charge in [0.05, 0.1) is 37.5 Å². The van der Waals surface area contributed by atoms with Crippen molar-refractivity contribution in [3.63, 3.8) is 0 Å². The van der Waals surface area contributed by atoms with Gasteiger partial charge < -0.3 is 46.0 Å². The molecular weight excluding hydrogens is 500 g/mol. The molecule has 0 aromatic heterocycles. The van der Waals surface area contributed by atoms with Gasteiger partial charge in [0.2, 0.25) is 0 Å². The summed E-state index contributed by atoms with van der Waals surface area (Å²) < 4.78 is 21.9. The molecule has 0 unspecified atom stereocenters. The first-order valence-electron chi connectivity index (χ1n) is 9.40. The first-order valence-corrected chi connectivity index (χ1v) is 9.40. The largest absolute Gasteiger partial charge is 0.487 e. The molecule has 0 aliphatic carbocycles. The molecule has 2 aliphatic rings. The van der Waals surface area contributed by atoms with Crippen LogP contribution in [0.25, 0.3) is 0 Å². The molecule has 0 saturated heterocycles. The highest BCUT2D eigenvalue weighted by Gasteiger charge is 2.27. The lowest BCUT2D eigenvalue weighted by Crippen LogP contribution is -2.34. The van der Waals surface area contributed by atoms with Crippen LogP contribution in [0.5, 0.6) is 11.5 Å². The van der Waals surface area contributed by atoms with Gasteiger partial charge in [0.25, 0.3) is 0 Å². The first-order chi connectivity index (χ1) is 14.2. The number of nitrogen functional groups attached to an aromatic ring is 1. The second-order valence-electron chi connectivity index (χ2n) is 6.65. The molecule has 2 aromatic carbocycles. The van der Waals surface area contributed by atoms with Gasteiger partial charge in [-0.2, -0.15) is 0 Å². The third kappa shape index (κ3) is 6.41. The van der Waals surface area contributed by atoms with E-state index in [0.717, 1.165) is 34.0 Å². The van der Waals surface area contributed by atoms with E-state index in [0.29, 0.717) is 44.5 Å². The van der Waals surface area contributed by atoms with Crippen LogP contribution in [0.2, 0.25) is 0 Å². The number of nitrogens with zero attached hydrogens (tertiary/aromatic N) is 3. The van der Waals surface area contributed by atoms with Crippen LogP contribution in [-0.4, -0.2) is 74.1 Å². The quantitative estimate of drug-likeness (QED) is 0.391. The third-order valence-corrected chi connectivity index (χ3v) is 4.74. The fourth-order valence-corrected chi connectivity index (χ4v) is 3.27. The Hall–Kier alpha value is -2.74. The molecule has 0 atom stereocenters. The van der Waals surface area contributed by atoms with Crippen LogP contribution in [0.1, 0.15) is 11.1 Å². The highest BCUT2D eigenvalue weighted by molar-refractivity contribution is 8.93. The van der Waals surface area contributed by atoms with Crippen molar-refractivity contribution < 1.29 is 35.4 Å². The van der Waals surface area contributed by atoms with Crippen molar-refractivity contribution in [3.8, 4) is 11.5 Å². The van der Waals surface area contributed by atoms with E-state index in [4.69, 9.17) is 29.7 Å². The summed E-state index contributed by atoms with van der Waals surface area (Å²) in [6, 6.07) is 9.57. The van der Waals surface area contributed by atoms with Crippen LogP contribution in [0, 0.1) is 0 Å². The summed E-state index contributed by atoms with van der Waals surface area (Å²) in [5, 5.41) is 0. The second kappa shape index (κ2) is 13.7. The Kier molecular flexibility index (Phi) is 12.6. The first kappa shape index (κ1) is 30.3. The maximum atomic E-state index is 6.13. The number of anilines is 1. The molecule has 8 N–H and O–H groups in total. The van der Waals surface area contributed by atoms with E-state index in [9.17, 15) is 0 Å². The summed E-state index contributed by atoms with van der Waals surface area (Å²) in [4.78, 5) is 11.4. The molecule has 0 saturated carbocycles. The molecule has 33 heavy (non-hydrogen) atoms. The Morgan fingerprint density at radius 1 is 0.909 bits per heavy atom. The molecule has 2 aromatic rings. The number of nitrogens with two attached hydrogens (primary N) is 1. The normalized spacial score (nSPS) is 12.3. The molecule has 2 heterocycles. The van der Waals surface area contributed by atoms with Crippen molar-refractivity contribution in [2.75, 3.05) is 46.4 Å². The lowest BCUT2D eigenvalue weighted by atomic mass is 10.0. The van der Waals surface area contributed by atoms with E-state index in [2.05, 4.69) is 4.99 Å².